The van der Waals surface area contributed by atoms with Crippen molar-refractivity contribution >= 4 is 28.7 Å². The number of anilines is 2. The van der Waals surface area contributed by atoms with Crippen molar-refractivity contribution in [1.29, 1.82) is 0 Å². The number of primary amides is 1. The first-order valence-electron chi connectivity index (χ1n) is 9.38. The van der Waals surface area contributed by atoms with E-state index in [2.05, 4.69) is 20.6 Å². The van der Waals surface area contributed by atoms with E-state index in [1.165, 1.54) is 16.7 Å². The number of nitrogens with zero attached hydrogens (tertiary/aromatic N) is 4. The minimum absolute atomic E-state index is 0.0595. The molecule has 0 bridgehead atoms. The smallest absolute Gasteiger partial charge is 0.330 e. The Bertz CT molecular complexity index is 1160. The van der Waals surface area contributed by atoms with E-state index >= 15 is 0 Å². The van der Waals surface area contributed by atoms with Crippen LogP contribution in [0.2, 0.25) is 0 Å². The maximum absolute atomic E-state index is 14.2. The normalized spacial score (nSPS) is 15.0. The van der Waals surface area contributed by atoms with Crippen molar-refractivity contribution in [3.05, 3.63) is 45.8 Å². The zero-order valence-corrected chi connectivity index (χ0v) is 16.2. The highest BCUT2D eigenvalue weighted by Crippen LogP contribution is 2.25. The van der Waals surface area contributed by atoms with Gasteiger partial charge in [0.2, 0.25) is 5.95 Å². The molecule has 0 atom stereocenters. The second-order valence-corrected chi connectivity index (χ2v) is 7.23. The maximum Gasteiger partial charge on any atom is 0.330 e. The molecule has 4 rings (SSSR count). The van der Waals surface area contributed by atoms with Crippen molar-refractivity contribution < 1.29 is 9.18 Å². The Morgan fingerprint density at radius 3 is 2.76 bits per heavy atom. The number of imidazole rings is 1. The number of rotatable bonds is 4. The molecule has 1 amide bonds. The number of carbonyl (C=O) groups excluding carboxylic acids is 1. The van der Waals surface area contributed by atoms with E-state index in [1.807, 2.05) is 0 Å². The second kappa shape index (κ2) is 7.28. The fourth-order valence-corrected chi connectivity index (χ4v) is 3.72. The fraction of sp³-hybridized carbons (Fsp3) is 0.368. The monoisotopic (exact) mass is 399 g/mol. The Kier molecular flexibility index (Phi) is 4.79. The highest BCUT2D eigenvalue weighted by Gasteiger charge is 2.23. The number of nitrogens with two attached hydrogens (primary N) is 1. The van der Waals surface area contributed by atoms with Crippen molar-refractivity contribution in [3.63, 3.8) is 0 Å². The van der Waals surface area contributed by atoms with Gasteiger partial charge in [-0.3, -0.25) is 13.9 Å². The number of amides is 1. The van der Waals surface area contributed by atoms with E-state index in [4.69, 9.17) is 5.73 Å². The van der Waals surface area contributed by atoms with Gasteiger partial charge in [0.05, 0.1) is 11.8 Å². The molecule has 0 radical (unpaired) electrons. The van der Waals surface area contributed by atoms with Gasteiger partial charge >= 0.3 is 5.69 Å². The molecular weight excluding hydrogens is 377 g/mol. The summed E-state index contributed by atoms with van der Waals surface area (Å²) in [5.41, 5.74) is 7.08. The van der Waals surface area contributed by atoms with Crippen LogP contribution in [-0.2, 0) is 7.05 Å². The number of nitrogens with one attached hydrogen (secondary N) is 2. The maximum atomic E-state index is 14.2. The lowest BCUT2D eigenvalue weighted by molar-refractivity contribution is 0.0996. The van der Waals surface area contributed by atoms with Crippen LogP contribution < -0.4 is 22.1 Å². The van der Waals surface area contributed by atoms with Crippen LogP contribution in [0.25, 0.3) is 11.2 Å². The highest BCUT2D eigenvalue weighted by atomic mass is 19.1. The van der Waals surface area contributed by atoms with E-state index < -0.39 is 11.7 Å². The van der Waals surface area contributed by atoms with Gasteiger partial charge in [0, 0.05) is 18.8 Å². The molecule has 1 saturated heterocycles. The Hall–Kier alpha value is -3.27. The van der Waals surface area contributed by atoms with Gasteiger partial charge in [-0.05, 0) is 50.6 Å². The molecule has 4 N–H and O–H groups in total. The van der Waals surface area contributed by atoms with Gasteiger partial charge in [-0.25, -0.2) is 14.2 Å². The molecule has 3 aromatic rings. The van der Waals surface area contributed by atoms with Gasteiger partial charge in [-0.1, -0.05) is 0 Å². The molecule has 9 nitrogen and oxygen atoms in total. The van der Waals surface area contributed by atoms with Crippen LogP contribution in [0.3, 0.4) is 0 Å². The van der Waals surface area contributed by atoms with E-state index in [-0.39, 0.29) is 23.2 Å². The number of aromatic nitrogens is 4. The predicted molar refractivity (Wildman–Crippen MR) is 107 cm³/mol. The minimum atomic E-state index is -0.829. The average Bonchev–Trinajstić information content (AvgIpc) is 2.95. The Morgan fingerprint density at radius 1 is 1.34 bits per heavy atom. The summed E-state index contributed by atoms with van der Waals surface area (Å²) in [6, 6.07) is 2.63. The largest absolute Gasteiger partial charge is 0.366 e. The molecule has 29 heavy (non-hydrogen) atoms. The summed E-state index contributed by atoms with van der Waals surface area (Å²) in [4.78, 5) is 32.9. The molecule has 0 spiro atoms. The lowest BCUT2D eigenvalue weighted by atomic mass is 10.1. The van der Waals surface area contributed by atoms with Gasteiger partial charge < -0.3 is 16.4 Å². The third-order valence-electron chi connectivity index (χ3n) is 5.33. The van der Waals surface area contributed by atoms with Gasteiger partial charge in [0.1, 0.15) is 11.3 Å². The van der Waals surface area contributed by atoms with E-state index in [9.17, 15) is 14.0 Å². The molecule has 0 saturated carbocycles. The van der Waals surface area contributed by atoms with Crippen molar-refractivity contribution in [3.8, 4) is 0 Å². The Balaban J connectivity index is 1.75. The molecule has 1 aliphatic heterocycles. The summed E-state index contributed by atoms with van der Waals surface area (Å²) in [7, 11) is 1.70. The molecule has 1 aliphatic rings. The number of fused-ring (bicyclic) bond motifs is 1. The van der Waals surface area contributed by atoms with Crippen molar-refractivity contribution in [1.82, 2.24) is 24.4 Å². The summed E-state index contributed by atoms with van der Waals surface area (Å²) >= 11 is 0. The summed E-state index contributed by atoms with van der Waals surface area (Å²) in [6.45, 7) is 3.41. The minimum Gasteiger partial charge on any atom is -0.366 e. The van der Waals surface area contributed by atoms with Gasteiger partial charge in [0.25, 0.3) is 5.91 Å². The van der Waals surface area contributed by atoms with Crippen LogP contribution in [0, 0.1) is 12.7 Å². The quantitative estimate of drug-likeness (QED) is 0.609. The number of hydrogen-bond acceptors (Lipinski definition) is 6. The Morgan fingerprint density at radius 2 is 2.07 bits per heavy atom. The summed E-state index contributed by atoms with van der Waals surface area (Å²) < 4.78 is 17.4. The molecular formula is C19H22FN7O2. The van der Waals surface area contributed by atoms with Crippen LogP contribution in [0.15, 0.2) is 23.1 Å². The third kappa shape index (κ3) is 3.35. The van der Waals surface area contributed by atoms with E-state index in [1.54, 1.807) is 24.7 Å². The zero-order valence-electron chi connectivity index (χ0n) is 16.2. The first-order valence-corrected chi connectivity index (χ1v) is 9.38. The van der Waals surface area contributed by atoms with Crippen LogP contribution >= 0.6 is 0 Å². The van der Waals surface area contributed by atoms with Crippen LogP contribution in [0.4, 0.5) is 16.0 Å². The van der Waals surface area contributed by atoms with Gasteiger partial charge in [-0.2, -0.15) is 4.98 Å². The first kappa shape index (κ1) is 19.1. The Labute approximate surface area is 165 Å². The number of hydrogen-bond donors (Lipinski definition) is 3. The number of benzene rings is 1. The topological polar surface area (TPSA) is 120 Å². The van der Waals surface area contributed by atoms with Crippen molar-refractivity contribution in [2.75, 3.05) is 18.4 Å². The molecule has 152 valence electrons. The third-order valence-corrected chi connectivity index (χ3v) is 5.33. The van der Waals surface area contributed by atoms with Crippen LogP contribution in [0.5, 0.6) is 0 Å². The molecule has 1 aromatic carbocycles. The molecule has 2 aromatic heterocycles. The predicted octanol–water partition coefficient (Wildman–Crippen LogP) is 1.34. The second-order valence-electron chi connectivity index (χ2n) is 7.23. The lowest BCUT2D eigenvalue weighted by Gasteiger charge is -2.23. The summed E-state index contributed by atoms with van der Waals surface area (Å²) in [5.74, 6) is -1.32. The number of aryl methyl sites for hydroxylation is 2. The summed E-state index contributed by atoms with van der Waals surface area (Å²) in [6.07, 6.45) is 3.25. The van der Waals surface area contributed by atoms with Crippen molar-refractivity contribution in [2.24, 2.45) is 12.8 Å². The van der Waals surface area contributed by atoms with Crippen LogP contribution in [-0.4, -0.2) is 38.1 Å². The molecule has 0 unspecified atom stereocenters. The highest BCUT2D eigenvalue weighted by molar-refractivity contribution is 5.94. The van der Waals surface area contributed by atoms with Crippen molar-refractivity contribution in [2.45, 2.75) is 25.8 Å². The fourth-order valence-electron chi connectivity index (χ4n) is 3.72. The van der Waals surface area contributed by atoms with Crippen LogP contribution in [0.1, 0.15) is 34.8 Å². The molecule has 10 heteroatoms. The lowest BCUT2D eigenvalue weighted by Crippen LogP contribution is -2.34. The summed E-state index contributed by atoms with van der Waals surface area (Å²) in [5, 5.41) is 6.27. The molecule has 0 aliphatic carbocycles. The standard InChI is InChI=1S/C19H22FN7O2/c1-10-7-12(16(21)28)13(20)8-14(10)24-18-23-9-15-17(25-18)27(19(29)26(15)2)11-3-5-22-6-4-11/h7-9,11,22H,3-6H2,1-2H3,(H2,21,28)(H,23,24,25). The van der Waals surface area contributed by atoms with Gasteiger partial charge in [-0.15, -0.1) is 0 Å². The van der Waals surface area contributed by atoms with E-state index in [0.29, 0.717) is 22.4 Å². The zero-order chi connectivity index (χ0) is 20.7. The number of piperidine rings is 1. The first-order chi connectivity index (χ1) is 13.9. The van der Waals surface area contributed by atoms with E-state index in [0.717, 1.165) is 25.9 Å². The van der Waals surface area contributed by atoms with Gasteiger partial charge in [0.15, 0.2) is 5.65 Å². The number of carbonyl (C=O) groups is 1. The average molecular weight is 399 g/mol. The molecule has 1 fully saturated rings. The number of halogens is 1. The molecule has 3 heterocycles. The SMILES string of the molecule is Cc1cc(C(N)=O)c(F)cc1Nc1ncc2c(n1)n(C1CCNCC1)c(=O)n2C.